The minimum absolute atomic E-state index is 0.0205. The second-order valence-electron chi connectivity index (χ2n) is 6.84. The van der Waals surface area contributed by atoms with E-state index in [-0.39, 0.29) is 12.0 Å². The molecule has 0 aliphatic heterocycles. The topological polar surface area (TPSA) is 49.8 Å². The van der Waals surface area contributed by atoms with Crippen LogP contribution in [0.3, 0.4) is 0 Å². The van der Waals surface area contributed by atoms with E-state index in [0.29, 0.717) is 19.0 Å². The molecule has 1 amide bonds. The Balaban J connectivity index is 2.51. The lowest BCUT2D eigenvalue weighted by atomic mass is 9.88. The second-order valence-corrected chi connectivity index (χ2v) is 6.84. The van der Waals surface area contributed by atoms with Crippen LogP contribution in [0.15, 0.2) is 0 Å². The number of amides is 1. The summed E-state index contributed by atoms with van der Waals surface area (Å²) in [5.74, 6) is 0.669. The number of aliphatic hydroxyl groups is 1. The van der Waals surface area contributed by atoms with Gasteiger partial charge in [0.2, 0.25) is 0 Å². The fraction of sp³-hybridized carbons (Fsp3) is 0.938. The number of rotatable bonds is 6. The minimum Gasteiger partial charge on any atom is -0.389 e. The summed E-state index contributed by atoms with van der Waals surface area (Å²) in [4.78, 5) is 14.1. The predicted octanol–water partition coefficient (Wildman–Crippen LogP) is 2.59. The summed E-state index contributed by atoms with van der Waals surface area (Å²) in [5, 5.41) is 9.87. The predicted molar refractivity (Wildman–Crippen MR) is 80.5 cm³/mol. The van der Waals surface area contributed by atoms with Gasteiger partial charge in [-0.25, -0.2) is 0 Å². The van der Waals surface area contributed by atoms with Crippen LogP contribution in [0, 0.1) is 5.92 Å². The zero-order valence-electron chi connectivity index (χ0n) is 13.7. The molecule has 20 heavy (non-hydrogen) atoms. The Labute approximate surface area is 123 Å². The van der Waals surface area contributed by atoms with Gasteiger partial charge in [-0.3, -0.25) is 4.79 Å². The van der Waals surface area contributed by atoms with Crippen molar-refractivity contribution < 1.29 is 14.6 Å². The molecule has 3 unspecified atom stereocenters. The van der Waals surface area contributed by atoms with E-state index in [0.717, 1.165) is 12.8 Å². The summed E-state index contributed by atoms with van der Waals surface area (Å²) in [6, 6.07) is 0. The van der Waals surface area contributed by atoms with Crippen molar-refractivity contribution in [2.75, 3.05) is 13.1 Å². The van der Waals surface area contributed by atoms with E-state index in [1.165, 1.54) is 12.8 Å². The number of hydrogen-bond donors (Lipinski definition) is 1. The van der Waals surface area contributed by atoms with Gasteiger partial charge in [0.1, 0.15) is 6.10 Å². The van der Waals surface area contributed by atoms with Crippen molar-refractivity contribution >= 4 is 5.91 Å². The maximum atomic E-state index is 12.4. The van der Waals surface area contributed by atoms with Gasteiger partial charge >= 0.3 is 0 Å². The summed E-state index contributed by atoms with van der Waals surface area (Å²) < 4.78 is 5.95. The van der Waals surface area contributed by atoms with Gasteiger partial charge in [0, 0.05) is 13.1 Å². The lowest BCUT2D eigenvalue weighted by Crippen LogP contribution is -2.47. The number of ether oxygens (including phenoxy) is 1. The van der Waals surface area contributed by atoms with Gasteiger partial charge < -0.3 is 14.7 Å². The van der Waals surface area contributed by atoms with Crippen LogP contribution in [0.2, 0.25) is 0 Å². The molecule has 0 bridgehead atoms. The Morgan fingerprint density at radius 1 is 1.45 bits per heavy atom. The number of carbonyl (C=O) groups excluding carboxylic acids is 1. The molecule has 1 fully saturated rings. The van der Waals surface area contributed by atoms with Crippen molar-refractivity contribution in [2.24, 2.45) is 5.92 Å². The minimum atomic E-state index is -0.870. The highest BCUT2D eigenvalue weighted by molar-refractivity contribution is 5.80. The van der Waals surface area contributed by atoms with Gasteiger partial charge in [-0.2, -0.15) is 0 Å². The van der Waals surface area contributed by atoms with Crippen LogP contribution >= 0.6 is 0 Å². The Kier molecular flexibility index (Phi) is 6.46. The molecule has 1 rings (SSSR count). The highest BCUT2D eigenvalue weighted by Gasteiger charge is 2.28. The molecule has 1 aliphatic rings. The third-order valence-electron chi connectivity index (χ3n) is 3.90. The normalized spacial score (nSPS) is 25.3. The molecule has 4 heteroatoms. The Bertz CT molecular complexity index is 311. The van der Waals surface area contributed by atoms with E-state index < -0.39 is 11.7 Å². The van der Waals surface area contributed by atoms with E-state index in [1.807, 2.05) is 13.8 Å². The van der Waals surface area contributed by atoms with E-state index in [9.17, 15) is 9.90 Å². The molecule has 0 aromatic rings. The van der Waals surface area contributed by atoms with Crippen molar-refractivity contribution in [2.45, 2.75) is 78.1 Å². The monoisotopic (exact) mass is 285 g/mol. The van der Waals surface area contributed by atoms with Crippen molar-refractivity contribution in [3.63, 3.8) is 0 Å². The highest BCUT2D eigenvalue weighted by Crippen LogP contribution is 2.26. The van der Waals surface area contributed by atoms with Crippen molar-refractivity contribution in [3.8, 4) is 0 Å². The molecule has 1 aliphatic carbocycles. The van der Waals surface area contributed by atoms with E-state index in [4.69, 9.17) is 4.74 Å². The molecule has 4 nitrogen and oxygen atoms in total. The molecule has 0 radical (unpaired) electrons. The van der Waals surface area contributed by atoms with Crippen molar-refractivity contribution in [1.29, 1.82) is 0 Å². The van der Waals surface area contributed by atoms with Gasteiger partial charge in [-0.1, -0.05) is 19.8 Å². The molecule has 0 spiro atoms. The average Bonchev–Trinajstić information content (AvgIpc) is 2.34. The van der Waals surface area contributed by atoms with Crippen LogP contribution in [0.1, 0.15) is 60.3 Å². The lowest BCUT2D eigenvalue weighted by molar-refractivity contribution is -0.150. The molecular weight excluding hydrogens is 254 g/mol. The van der Waals surface area contributed by atoms with Gasteiger partial charge in [-0.15, -0.1) is 0 Å². The van der Waals surface area contributed by atoms with E-state index in [2.05, 4.69) is 6.92 Å². The SMILES string of the molecule is CCN(CC(C)(C)O)C(=O)C(C)OC1CCCC(C)C1. The van der Waals surface area contributed by atoms with Crippen LogP contribution in [-0.2, 0) is 9.53 Å². The summed E-state index contributed by atoms with van der Waals surface area (Å²) >= 11 is 0. The number of carbonyl (C=O) groups is 1. The first-order chi connectivity index (χ1) is 9.23. The van der Waals surface area contributed by atoms with Gasteiger partial charge in [0.25, 0.3) is 5.91 Å². The summed E-state index contributed by atoms with van der Waals surface area (Å²) in [6.45, 7) is 10.4. The average molecular weight is 285 g/mol. The first-order valence-corrected chi connectivity index (χ1v) is 7.89. The van der Waals surface area contributed by atoms with E-state index in [1.54, 1.807) is 18.7 Å². The number of likely N-dealkylation sites (N-methyl/N-ethyl adjacent to an activating group) is 1. The molecule has 3 atom stereocenters. The van der Waals surface area contributed by atoms with Crippen LogP contribution in [0.4, 0.5) is 0 Å². The molecule has 1 saturated carbocycles. The van der Waals surface area contributed by atoms with Crippen molar-refractivity contribution in [1.82, 2.24) is 4.90 Å². The number of hydrogen-bond acceptors (Lipinski definition) is 3. The molecule has 1 N–H and O–H groups in total. The standard InChI is InChI=1S/C16H31NO3/c1-6-17(11-16(4,5)19)15(18)13(3)20-14-9-7-8-12(2)10-14/h12-14,19H,6-11H2,1-5H3. The number of nitrogens with zero attached hydrogens (tertiary/aromatic N) is 1. The van der Waals surface area contributed by atoms with Crippen LogP contribution < -0.4 is 0 Å². The quantitative estimate of drug-likeness (QED) is 0.816. The van der Waals surface area contributed by atoms with E-state index >= 15 is 0 Å². The highest BCUT2D eigenvalue weighted by atomic mass is 16.5. The smallest absolute Gasteiger partial charge is 0.251 e. The van der Waals surface area contributed by atoms with Crippen molar-refractivity contribution in [3.05, 3.63) is 0 Å². The summed E-state index contributed by atoms with van der Waals surface area (Å²) in [7, 11) is 0. The zero-order chi connectivity index (χ0) is 15.3. The molecular formula is C16H31NO3. The van der Waals surface area contributed by atoms with Crippen LogP contribution in [0.25, 0.3) is 0 Å². The molecule has 118 valence electrons. The van der Waals surface area contributed by atoms with Crippen LogP contribution in [0.5, 0.6) is 0 Å². The zero-order valence-corrected chi connectivity index (χ0v) is 13.7. The maximum absolute atomic E-state index is 12.4. The fourth-order valence-electron chi connectivity index (χ4n) is 2.92. The Hall–Kier alpha value is -0.610. The maximum Gasteiger partial charge on any atom is 0.251 e. The van der Waals surface area contributed by atoms with Gasteiger partial charge in [-0.05, 0) is 46.5 Å². The summed E-state index contributed by atoms with van der Waals surface area (Å²) in [6.07, 6.45) is 4.34. The molecule has 0 saturated heterocycles. The first-order valence-electron chi connectivity index (χ1n) is 7.89. The van der Waals surface area contributed by atoms with Gasteiger partial charge in [0.15, 0.2) is 0 Å². The summed E-state index contributed by atoms with van der Waals surface area (Å²) in [5.41, 5.74) is -0.870. The van der Waals surface area contributed by atoms with Crippen LogP contribution in [-0.4, -0.2) is 46.8 Å². The fourth-order valence-corrected chi connectivity index (χ4v) is 2.92. The van der Waals surface area contributed by atoms with Gasteiger partial charge in [0.05, 0.1) is 11.7 Å². The first kappa shape index (κ1) is 17.4. The molecule has 0 aromatic carbocycles. The largest absolute Gasteiger partial charge is 0.389 e. The Morgan fingerprint density at radius 3 is 2.60 bits per heavy atom. The lowest BCUT2D eigenvalue weighted by Gasteiger charge is -2.33. The third kappa shape index (κ3) is 5.80. The molecule has 0 heterocycles. The second kappa shape index (κ2) is 7.41. The molecule has 0 aromatic heterocycles. The third-order valence-corrected chi connectivity index (χ3v) is 3.90. The Morgan fingerprint density at radius 2 is 2.10 bits per heavy atom.